The van der Waals surface area contributed by atoms with Crippen LogP contribution in [0, 0.1) is 25.2 Å². The molecule has 0 aliphatic rings. The Bertz CT molecular complexity index is 1250. The molecular weight excluding hydrogens is 509 g/mol. The van der Waals surface area contributed by atoms with Crippen molar-refractivity contribution in [2.45, 2.75) is 26.6 Å². The maximum Gasteiger partial charge on any atom is 0.416 e. The lowest BCUT2D eigenvalue weighted by Gasteiger charge is -2.14. The van der Waals surface area contributed by atoms with Gasteiger partial charge in [0.05, 0.1) is 5.56 Å². The van der Waals surface area contributed by atoms with E-state index in [0.29, 0.717) is 17.9 Å². The molecule has 3 aromatic carbocycles. The summed E-state index contributed by atoms with van der Waals surface area (Å²) in [6.07, 6.45) is -3.15. The molecule has 3 rings (SSSR count). The third kappa shape index (κ3) is 6.49. The van der Waals surface area contributed by atoms with Gasteiger partial charge in [-0.25, -0.2) is 0 Å². The van der Waals surface area contributed by atoms with Crippen LogP contribution in [-0.4, -0.2) is 5.91 Å². The Hall–Kier alpha value is -3.57. The summed E-state index contributed by atoms with van der Waals surface area (Å²) >= 11 is 3.39. The zero-order valence-electron chi connectivity index (χ0n) is 18.3. The Morgan fingerprint density at radius 1 is 1.09 bits per heavy atom. The van der Waals surface area contributed by atoms with Gasteiger partial charge in [0.15, 0.2) is 0 Å². The highest BCUT2D eigenvalue weighted by molar-refractivity contribution is 9.10. The molecule has 34 heavy (non-hydrogen) atoms. The van der Waals surface area contributed by atoms with Gasteiger partial charge < -0.3 is 10.1 Å². The molecule has 0 aromatic heterocycles. The zero-order chi connectivity index (χ0) is 24.9. The summed E-state index contributed by atoms with van der Waals surface area (Å²) in [6.45, 7) is 4.10. The fourth-order valence-electron chi connectivity index (χ4n) is 3.32. The van der Waals surface area contributed by atoms with E-state index in [1.54, 1.807) is 12.1 Å². The lowest BCUT2D eigenvalue weighted by Crippen LogP contribution is -2.14. The molecule has 0 aliphatic carbocycles. The second kappa shape index (κ2) is 10.6. The van der Waals surface area contributed by atoms with Crippen LogP contribution in [0.1, 0.15) is 27.8 Å². The van der Waals surface area contributed by atoms with Crippen LogP contribution in [0.2, 0.25) is 0 Å². The number of alkyl halides is 3. The molecule has 0 saturated carbocycles. The molecule has 0 unspecified atom stereocenters. The Morgan fingerprint density at radius 3 is 2.32 bits per heavy atom. The maximum atomic E-state index is 12.9. The van der Waals surface area contributed by atoms with Gasteiger partial charge in [0.25, 0.3) is 5.91 Å². The molecule has 0 atom stereocenters. The van der Waals surface area contributed by atoms with E-state index in [4.69, 9.17) is 4.74 Å². The molecule has 0 spiro atoms. The fraction of sp³-hybridized carbons (Fsp3) is 0.154. The summed E-state index contributed by atoms with van der Waals surface area (Å²) < 4.78 is 45.7. The average molecular weight is 529 g/mol. The summed E-state index contributed by atoms with van der Waals surface area (Å²) in [5, 5.41) is 11.8. The second-order valence-electron chi connectivity index (χ2n) is 7.60. The highest BCUT2D eigenvalue weighted by atomic mass is 79.9. The lowest BCUT2D eigenvalue weighted by atomic mass is 10.0. The molecule has 8 heteroatoms. The number of anilines is 1. The molecule has 0 bridgehead atoms. The van der Waals surface area contributed by atoms with E-state index in [-0.39, 0.29) is 11.3 Å². The van der Waals surface area contributed by atoms with Gasteiger partial charge in [-0.2, -0.15) is 18.4 Å². The number of halogens is 4. The van der Waals surface area contributed by atoms with Crippen LogP contribution in [0.4, 0.5) is 18.9 Å². The van der Waals surface area contributed by atoms with Gasteiger partial charge in [-0.15, -0.1) is 0 Å². The van der Waals surface area contributed by atoms with E-state index in [0.717, 1.165) is 33.3 Å². The number of nitriles is 1. The summed E-state index contributed by atoms with van der Waals surface area (Å²) in [4.78, 5) is 12.5. The number of carbonyl (C=O) groups excluding carboxylic acids is 1. The van der Waals surface area contributed by atoms with Crippen LogP contribution in [0.5, 0.6) is 5.75 Å². The Kier molecular flexibility index (Phi) is 7.79. The van der Waals surface area contributed by atoms with Gasteiger partial charge in [0, 0.05) is 10.2 Å². The molecular formula is C26H20BrF3N2O2. The molecule has 0 heterocycles. The van der Waals surface area contributed by atoms with Crippen molar-refractivity contribution in [2.24, 2.45) is 0 Å². The van der Waals surface area contributed by atoms with Crippen molar-refractivity contribution in [3.63, 3.8) is 0 Å². The number of rotatable bonds is 6. The van der Waals surface area contributed by atoms with Crippen molar-refractivity contribution >= 4 is 33.6 Å². The Morgan fingerprint density at radius 2 is 1.74 bits per heavy atom. The van der Waals surface area contributed by atoms with E-state index in [1.807, 2.05) is 44.2 Å². The highest BCUT2D eigenvalue weighted by Crippen LogP contribution is 2.31. The predicted molar refractivity (Wildman–Crippen MR) is 128 cm³/mol. The zero-order valence-corrected chi connectivity index (χ0v) is 19.9. The smallest absolute Gasteiger partial charge is 0.416 e. The number of hydrogen-bond acceptors (Lipinski definition) is 3. The van der Waals surface area contributed by atoms with Crippen LogP contribution in [0.3, 0.4) is 0 Å². The fourth-order valence-corrected chi connectivity index (χ4v) is 3.58. The maximum absolute atomic E-state index is 12.9. The first-order valence-corrected chi connectivity index (χ1v) is 10.9. The minimum atomic E-state index is -4.54. The number of hydrogen-bond donors (Lipinski definition) is 1. The second-order valence-corrected chi connectivity index (χ2v) is 8.52. The molecule has 174 valence electrons. The highest BCUT2D eigenvalue weighted by Gasteiger charge is 2.30. The van der Waals surface area contributed by atoms with Crippen molar-refractivity contribution < 1.29 is 22.7 Å². The third-order valence-electron chi connectivity index (χ3n) is 4.90. The van der Waals surface area contributed by atoms with Crippen molar-refractivity contribution in [3.8, 4) is 11.8 Å². The molecule has 1 N–H and O–H groups in total. The summed E-state index contributed by atoms with van der Waals surface area (Å²) in [5.41, 5.74) is 2.06. The minimum Gasteiger partial charge on any atom is -0.488 e. The molecule has 1 amide bonds. The van der Waals surface area contributed by atoms with Gasteiger partial charge >= 0.3 is 6.18 Å². The van der Waals surface area contributed by atoms with Crippen molar-refractivity contribution in [3.05, 3.63) is 98.5 Å². The van der Waals surface area contributed by atoms with Crippen molar-refractivity contribution in [2.75, 3.05) is 5.32 Å². The van der Waals surface area contributed by atoms with Crippen LogP contribution in [0.25, 0.3) is 6.08 Å². The van der Waals surface area contributed by atoms with E-state index in [9.17, 15) is 23.2 Å². The third-order valence-corrected chi connectivity index (χ3v) is 5.43. The average Bonchev–Trinajstić information content (AvgIpc) is 2.77. The van der Waals surface area contributed by atoms with E-state index >= 15 is 0 Å². The Labute approximate surface area is 203 Å². The van der Waals surface area contributed by atoms with Gasteiger partial charge in [-0.1, -0.05) is 34.1 Å². The molecule has 0 fully saturated rings. The van der Waals surface area contributed by atoms with Gasteiger partial charge in [0.1, 0.15) is 24.0 Å². The molecule has 3 aromatic rings. The van der Waals surface area contributed by atoms with Crippen LogP contribution >= 0.6 is 15.9 Å². The first kappa shape index (κ1) is 25.1. The van der Waals surface area contributed by atoms with Crippen molar-refractivity contribution in [1.29, 1.82) is 5.26 Å². The van der Waals surface area contributed by atoms with E-state index < -0.39 is 17.6 Å². The quantitative estimate of drug-likeness (QED) is 0.271. The van der Waals surface area contributed by atoms with Crippen molar-refractivity contribution in [1.82, 2.24) is 0 Å². The largest absolute Gasteiger partial charge is 0.488 e. The standard InChI is InChI=1S/C26H20BrF3N2O2/c1-16-10-19(11-17(2)24(16)34-15-18-6-8-22(27)9-7-18)12-20(14-31)25(33)32-23-5-3-4-21(13-23)26(28,29)30/h3-13H,15H2,1-2H3,(H,32,33)/b20-12+. The summed E-state index contributed by atoms with van der Waals surface area (Å²) in [7, 11) is 0. The van der Waals surface area contributed by atoms with Gasteiger partial charge in [-0.05, 0) is 84.6 Å². The van der Waals surface area contributed by atoms with Crippen LogP contribution in [0.15, 0.2) is 70.7 Å². The summed E-state index contributed by atoms with van der Waals surface area (Å²) in [6, 6.07) is 17.4. The minimum absolute atomic E-state index is 0.0509. The topological polar surface area (TPSA) is 62.1 Å². The van der Waals surface area contributed by atoms with Gasteiger partial charge in [-0.3, -0.25) is 4.79 Å². The lowest BCUT2D eigenvalue weighted by molar-refractivity contribution is -0.137. The van der Waals surface area contributed by atoms with E-state index in [1.165, 1.54) is 18.2 Å². The molecule has 4 nitrogen and oxygen atoms in total. The van der Waals surface area contributed by atoms with E-state index in [2.05, 4.69) is 21.2 Å². The monoisotopic (exact) mass is 528 g/mol. The number of amides is 1. The number of benzene rings is 3. The first-order chi connectivity index (χ1) is 16.1. The number of ether oxygens (including phenoxy) is 1. The first-order valence-electron chi connectivity index (χ1n) is 10.2. The number of carbonyl (C=O) groups is 1. The molecule has 0 radical (unpaired) electrons. The molecule has 0 saturated heterocycles. The summed E-state index contributed by atoms with van der Waals surface area (Å²) in [5.74, 6) is -0.0975. The van der Waals surface area contributed by atoms with Crippen LogP contribution < -0.4 is 10.1 Å². The normalized spacial score (nSPS) is 11.6. The Balaban J connectivity index is 1.77. The number of nitrogens with zero attached hydrogens (tertiary/aromatic N) is 1. The van der Waals surface area contributed by atoms with Gasteiger partial charge in [0.2, 0.25) is 0 Å². The predicted octanol–water partition coefficient (Wildman–Crippen LogP) is 7.21. The molecule has 0 aliphatic heterocycles. The SMILES string of the molecule is Cc1cc(/C=C(\C#N)C(=O)Nc2cccc(C(F)(F)F)c2)cc(C)c1OCc1ccc(Br)cc1. The number of aryl methyl sites for hydroxylation is 2. The number of nitrogens with one attached hydrogen (secondary N) is 1. The van der Waals surface area contributed by atoms with Crippen LogP contribution in [-0.2, 0) is 17.6 Å².